The lowest BCUT2D eigenvalue weighted by Gasteiger charge is -2.08. The lowest BCUT2D eigenvalue weighted by molar-refractivity contribution is 0.311. The van der Waals surface area contributed by atoms with E-state index in [1.165, 1.54) is 0 Å². The summed E-state index contributed by atoms with van der Waals surface area (Å²) in [7, 11) is 0. The van der Waals surface area contributed by atoms with Crippen LogP contribution in [0.3, 0.4) is 0 Å². The predicted octanol–water partition coefficient (Wildman–Crippen LogP) is 1.58. The first-order valence-corrected chi connectivity index (χ1v) is 5.44. The van der Waals surface area contributed by atoms with Crippen LogP contribution in [0, 0.1) is 5.92 Å². The molecule has 16 heavy (non-hydrogen) atoms. The van der Waals surface area contributed by atoms with Crippen molar-refractivity contribution < 1.29 is 4.74 Å². The summed E-state index contributed by atoms with van der Waals surface area (Å²) in [6.07, 6.45) is 2.81. The molecule has 0 atom stereocenters. The molecule has 1 N–H and O–H groups in total. The molecule has 1 aliphatic heterocycles. The van der Waals surface area contributed by atoms with Crippen LogP contribution in [0.4, 0.5) is 0 Å². The van der Waals surface area contributed by atoms with Gasteiger partial charge in [-0.1, -0.05) is 13.8 Å². The minimum absolute atomic E-state index is 0. The Hall–Kier alpha value is -0.870. The van der Waals surface area contributed by atoms with Crippen molar-refractivity contribution >= 4 is 12.4 Å². The van der Waals surface area contributed by atoms with Crippen LogP contribution in [0.5, 0.6) is 5.88 Å². The first-order valence-electron chi connectivity index (χ1n) is 5.44. The van der Waals surface area contributed by atoms with Crippen molar-refractivity contribution in [2.45, 2.75) is 26.8 Å². The zero-order valence-corrected chi connectivity index (χ0v) is 10.5. The first kappa shape index (κ1) is 13.2. The number of hydrogen-bond donors (Lipinski definition) is 1. The van der Waals surface area contributed by atoms with Crippen LogP contribution in [0.25, 0.3) is 0 Å². The second kappa shape index (κ2) is 6.01. The van der Waals surface area contributed by atoms with Crippen LogP contribution in [-0.2, 0) is 13.0 Å². The molecule has 0 saturated heterocycles. The summed E-state index contributed by atoms with van der Waals surface area (Å²) in [6, 6.07) is 0. The highest BCUT2D eigenvalue weighted by Gasteiger charge is 2.12. The molecule has 90 valence electrons. The molecule has 2 rings (SSSR count). The summed E-state index contributed by atoms with van der Waals surface area (Å²) < 4.78 is 5.53. The van der Waals surface area contributed by atoms with Gasteiger partial charge in [-0.2, -0.15) is 0 Å². The van der Waals surface area contributed by atoms with Gasteiger partial charge in [-0.05, 0) is 12.3 Å². The van der Waals surface area contributed by atoms with Gasteiger partial charge in [0.2, 0.25) is 5.88 Å². The Bertz CT molecular complexity index is 344. The van der Waals surface area contributed by atoms with Crippen LogP contribution < -0.4 is 10.1 Å². The van der Waals surface area contributed by atoms with E-state index < -0.39 is 0 Å². The summed E-state index contributed by atoms with van der Waals surface area (Å²) in [5.74, 6) is 1.31. The Morgan fingerprint density at radius 1 is 1.50 bits per heavy atom. The fourth-order valence-corrected chi connectivity index (χ4v) is 1.61. The van der Waals surface area contributed by atoms with Crippen molar-refractivity contribution in [3.8, 4) is 5.88 Å². The molecular weight excluding hydrogens is 226 g/mol. The zero-order valence-electron chi connectivity index (χ0n) is 9.69. The molecule has 0 spiro atoms. The van der Waals surface area contributed by atoms with E-state index in [0.29, 0.717) is 18.4 Å². The lowest BCUT2D eigenvalue weighted by Crippen LogP contribution is -2.16. The predicted molar refractivity (Wildman–Crippen MR) is 65.0 cm³/mol. The molecular formula is C11H18ClN3O. The number of hydrogen-bond acceptors (Lipinski definition) is 4. The third-order valence-electron chi connectivity index (χ3n) is 2.29. The minimum Gasteiger partial charge on any atom is -0.475 e. The Kier molecular flexibility index (Phi) is 4.96. The lowest BCUT2D eigenvalue weighted by atomic mass is 10.1. The minimum atomic E-state index is 0. The van der Waals surface area contributed by atoms with Crippen molar-refractivity contribution in [3.05, 3.63) is 17.6 Å². The van der Waals surface area contributed by atoms with E-state index in [4.69, 9.17) is 4.74 Å². The van der Waals surface area contributed by atoms with Crippen molar-refractivity contribution in [2.75, 3.05) is 13.2 Å². The maximum atomic E-state index is 5.53. The van der Waals surface area contributed by atoms with Crippen molar-refractivity contribution in [3.63, 3.8) is 0 Å². The van der Waals surface area contributed by atoms with Crippen molar-refractivity contribution in [1.82, 2.24) is 15.3 Å². The highest BCUT2D eigenvalue weighted by atomic mass is 35.5. The number of ether oxygens (including phenoxy) is 1. The number of rotatable bonds is 2. The van der Waals surface area contributed by atoms with E-state index in [1.54, 1.807) is 0 Å². The quantitative estimate of drug-likeness (QED) is 0.857. The van der Waals surface area contributed by atoms with Gasteiger partial charge < -0.3 is 10.1 Å². The smallest absolute Gasteiger partial charge is 0.237 e. The number of nitrogens with zero attached hydrogens (tertiary/aromatic N) is 2. The Balaban J connectivity index is 0.00000128. The van der Waals surface area contributed by atoms with Crippen LogP contribution in [0.1, 0.15) is 25.2 Å². The third kappa shape index (κ3) is 3.32. The summed E-state index contributed by atoms with van der Waals surface area (Å²) >= 11 is 0. The Morgan fingerprint density at radius 3 is 3.06 bits per heavy atom. The van der Waals surface area contributed by atoms with Crippen LogP contribution in [0.2, 0.25) is 0 Å². The molecule has 2 heterocycles. The van der Waals surface area contributed by atoms with Gasteiger partial charge in [0.1, 0.15) is 12.3 Å². The topological polar surface area (TPSA) is 47.0 Å². The van der Waals surface area contributed by atoms with Gasteiger partial charge in [0.25, 0.3) is 0 Å². The second-order valence-electron chi connectivity index (χ2n) is 4.24. The number of nitrogens with one attached hydrogen (secondary N) is 1. The summed E-state index contributed by atoms with van der Waals surface area (Å²) in [5, 5.41) is 3.24. The van der Waals surface area contributed by atoms with Gasteiger partial charge in [-0.3, -0.25) is 4.98 Å². The van der Waals surface area contributed by atoms with Gasteiger partial charge >= 0.3 is 0 Å². The summed E-state index contributed by atoms with van der Waals surface area (Å²) in [4.78, 5) is 8.87. The molecule has 0 amide bonds. The number of halogens is 1. The summed E-state index contributed by atoms with van der Waals surface area (Å²) in [6.45, 7) is 6.64. The van der Waals surface area contributed by atoms with Gasteiger partial charge in [0.15, 0.2) is 0 Å². The van der Waals surface area contributed by atoms with Gasteiger partial charge in [0, 0.05) is 19.3 Å². The molecule has 0 aliphatic carbocycles. The maximum absolute atomic E-state index is 5.53. The average molecular weight is 244 g/mol. The van der Waals surface area contributed by atoms with Crippen molar-refractivity contribution in [2.24, 2.45) is 5.92 Å². The van der Waals surface area contributed by atoms with Gasteiger partial charge in [-0.25, -0.2) is 4.98 Å². The Labute approximate surface area is 102 Å². The number of aromatic nitrogens is 2. The van der Waals surface area contributed by atoms with E-state index >= 15 is 0 Å². The zero-order chi connectivity index (χ0) is 10.7. The molecule has 0 fully saturated rings. The molecule has 1 aliphatic rings. The van der Waals surface area contributed by atoms with E-state index in [-0.39, 0.29) is 12.4 Å². The largest absolute Gasteiger partial charge is 0.475 e. The molecule has 0 aromatic carbocycles. The fourth-order valence-electron chi connectivity index (χ4n) is 1.61. The average Bonchev–Trinajstić information content (AvgIpc) is 2.41. The van der Waals surface area contributed by atoms with Gasteiger partial charge in [0.05, 0.1) is 5.69 Å². The molecule has 0 saturated carbocycles. The molecule has 1 aromatic heterocycles. The van der Waals surface area contributed by atoms with E-state index in [9.17, 15) is 0 Å². The molecule has 0 radical (unpaired) electrons. The van der Waals surface area contributed by atoms with Gasteiger partial charge in [-0.15, -0.1) is 12.4 Å². The first-order chi connectivity index (χ1) is 7.25. The Morgan fingerprint density at radius 2 is 2.31 bits per heavy atom. The SMILES string of the molecule is CC(C)Cc1cnc2c(n1)OCCNC2.Cl. The number of fused-ring (bicyclic) bond motifs is 1. The van der Waals surface area contributed by atoms with E-state index in [0.717, 1.165) is 30.9 Å². The summed E-state index contributed by atoms with van der Waals surface area (Å²) in [5.41, 5.74) is 1.94. The standard InChI is InChI=1S/C11H17N3O.ClH/c1-8(2)5-9-6-13-10-7-12-3-4-15-11(10)14-9;/h6,8,12H,3-5,7H2,1-2H3;1H. The van der Waals surface area contributed by atoms with E-state index in [2.05, 4.69) is 29.1 Å². The molecule has 4 nitrogen and oxygen atoms in total. The normalized spacial score (nSPS) is 14.7. The molecule has 0 bridgehead atoms. The third-order valence-corrected chi connectivity index (χ3v) is 2.29. The van der Waals surface area contributed by atoms with Crippen LogP contribution in [0.15, 0.2) is 6.20 Å². The van der Waals surface area contributed by atoms with Crippen LogP contribution >= 0.6 is 12.4 Å². The van der Waals surface area contributed by atoms with Crippen LogP contribution in [-0.4, -0.2) is 23.1 Å². The fraction of sp³-hybridized carbons (Fsp3) is 0.636. The maximum Gasteiger partial charge on any atom is 0.237 e. The second-order valence-corrected chi connectivity index (χ2v) is 4.24. The molecule has 0 unspecified atom stereocenters. The molecule has 5 heteroatoms. The van der Waals surface area contributed by atoms with Crippen molar-refractivity contribution in [1.29, 1.82) is 0 Å². The highest BCUT2D eigenvalue weighted by Crippen LogP contribution is 2.16. The molecule has 1 aromatic rings. The monoisotopic (exact) mass is 243 g/mol. The highest BCUT2D eigenvalue weighted by molar-refractivity contribution is 5.85. The van der Waals surface area contributed by atoms with E-state index in [1.807, 2.05) is 6.20 Å².